The lowest BCUT2D eigenvalue weighted by atomic mass is 9.57. The van der Waals surface area contributed by atoms with Gasteiger partial charge in [0.15, 0.2) is 7.28 Å². The smallest absolute Gasteiger partial charge is 0.197 e. The Balaban J connectivity index is 1.17. The summed E-state index contributed by atoms with van der Waals surface area (Å²) >= 11 is 1.89. The fourth-order valence-corrected chi connectivity index (χ4v) is 12.6. The van der Waals surface area contributed by atoms with Crippen LogP contribution in [0.25, 0.3) is 42.4 Å². The van der Waals surface area contributed by atoms with Gasteiger partial charge in [-0.05, 0) is 159 Å². The van der Waals surface area contributed by atoms with Crippen LogP contribution >= 0.6 is 11.3 Å². The molecule has 1 N–H and O–H groups in total. The van der Waals surface area contributed by atoms with Gasteiger partial charge in [0.05, 0.1) is 5.69 Å². The quantitative estimate of drug-likeness (QED) is 0.174. The Morgan fingerprint density at radius 1 is 0.516 bits per heavy atom. The summed E-state index contributed by atoms with van der Waals surface area (Å²) in [6.07, 6.45) is 4.75. The molecule has 11 rings (SSSR count). The topological polar surface area (TPSA) is 15.3 Å². The lowest BCUT2D eigenvalue weighted by molar-refractivity contribution is 0.332. The van der Waals surface area contributed by atoms with Gasteiger partial charge in [-0.3, -0.25) is 0 Å². The zero-order chi connectivity index (χ0) is 44.5. The molecule has 0 atom stereocenters. The van der Waals surface area contributed by atoms with E-state index in [2.05, 4.69) is 214 Å². The van der Waals surface area contributed by atoms with Crippen LogP contribution in [0.2, 0.25) is 0 Å². The van der Waals surface area contributed by atoms with Crippen molar-refractivity contribution in [3.8, 4) is 22.3 Å². The van der Waals surface area contributed by atoms with Gasteiger partial charge in [-0.25, -0.2) is 0 Å². The minimum atomic E-state index is 0.0801. The summed E-state index contributed by atoms with van der Waals surface area (Å²) in [6.45, 7) is 24.1. The highest BCUT2D eigenvalue weighted by atomic mass is 32.1. The Kier molecular flexibility index (Phi) is 9.30. The third kappa shape index (κ3) is 6.57. The fraction of sp³-hybridized carbons (Fsp3) is 0.300. The average molecular weight is 852 g/mol. The Hall–Kier alpha value is -5.58. The van der Waals surface area contributed by atoms with E-state index in [4.69, 9.17) is 0 Å². The Morgan fingerprint density at radius 3 is 1.91 bits per heavy atom. The number of aryl methyl sites for hydroxylation is 2. The molecule has 2 heterocycles. The van der Waals surface area contributed by atoms with E-state index in [9.17, 15) is 0 Å². The Bertz CT molecular complexity index is 3200. The lowest BCUT2D eigenvalue weighted by Gasteiger charge is -2.44. The molecule has 0 fully saturated rings. The number of nitrogens with one attached hydrogen (secondary N) is 1. The SMILES string of the molecule is Cc1cc(-c2ccc3sc4ccccc4c3c2Nc2ccc3c(c2)C(C)(C)CCC3(C)C)c2c(c1)N(c1cc3c(cc1C)C(C)(C)CCC3(C)C)c1ccc(-c3ccccc3)cc1[B]2. The normalized spacial score (nSPS) is 17.6. The zero-order valence-corrected chi connectivity index (χ0v) is 40.2. The molecule has 2 nitrogen and oxygen atoms in total. The van der Waals surface area contributed by atoms with Crippen LogP contribution < -0.4 is 21.1 Å². The standard InChI is InChI=1S/C60H60BN2S/c1-36-30-43(41-22-25-53-54(42-18-14-15-19-52(42)64-53)56(41)62-40-21-23-44-46(34-40)59(7,8)27-26-57(44,3)4)55-51(31-36)63(49-24-20-39(33-48(49)61-55)38-16-12-11-13-17-38)50-35-47-45(32-37(50)2)58(5,6)28-29-60(47,9)10/h11-25,30-35,62H,26-29H2,1-10H3. The van der Waals surface area contributed by atoms with Crippen molar-refractivity contribution in [1.82, 2.24) is 0 Å². The van der Waals surface area contributed by atoms with Crippen LogP contribution in [0.1, 0.15) is 114 Å². The van der Waals surface area contributed by atoms with E-state index in [1.165, 1.54) is 135 Å². The maximum Gasteiger partial charge on any atom is 0.197 e. The number of anilines is 5. The second-order valence-electron chi connectivity index (χ2n) is 21.9. The van der Waals surface area contributed by atoms with Crippen molar-refractivity contribution in [2.75, 3.05) is 10.2 Å². The van der Waals surface area contributed by atoms with E-state index in [0.29, 0.717) is 0 Å². The van der Waals surface area contributed by atoms with Crippen LogP contribution in [0, 0.1) is 13.8 Å². The minimum absolute atomic E-state index is 0.0801. The summed E-state index contributed by atoms with van der Waals surface area (Å²) < 4.78 is 2.61. The van der Waals surface area contributed by atoms with Crippen molar-refractivity contribution in [1.29, 1.82) is 0 Å². The lowest BCUT2D eigenvalue weighted by Crippen LogP contribution is -2.41. The van der Waals surface area contributed by atoms with Crippen molar-refractivity contribution < 1.29 is 0 Å². The number of rotatable bonds is 5. The molecular formula is C60H60BN2S. The van der Waals surface area contributed by atoms with Crippen molar-refractivity contribution in [2.24, 2.45) is 0 Å². The van der Waals surface area contributed by atoms with Gasteiger partial charge >= 0.3 is 0 Å². The van der Waals surface area contributed by atoms with Crippen LogP contribution in [0.15, 0.2) is 127 Å². The first kappa shape index (κ1) is 41.2. The summed E-state index contributed by atoms with van der Waals surface area (Å²) in [5.41, 5.74) is 22.4. The molecule has 1 aliphatic heterocycles. The van der Waals surface area contributed by atoms with E-state index < -0.39 is 0 Å². The van der Waals surface area contributed by atoms with E-state index in [1.54, 1.807) is 0 Å². The van der Waals surface area contributed by atoms with E-state index in [1.807, 2.05) is 11.3 Å². The van der Waals surface area contributed by atoms with Gasteiger partial charge in [0, 0.05) is 48.5 Å². The predicted molar refractivity (Wildman–Crippen MR) is 280 cm³/mol. The second-order valence-corrected chi connectivity index (χ2v) is 23.0. The molecule has 0 bridgehead atoms. The molecule has 0 saturated carbocycles. The summed E-state index contributed by atoms with van der Waals surface area (Å²) in [4.78, 5) is 2.60. The molecule has 7 aromatic carbocycles. The highest BCUT2D eigenvalue weighted by Crippen LogP contribution is 2.52. The molecule has 64 heavy (non-hydrogen) atoms. The van der Waals surface area contributed by atoms with Gasteiger partial charge in [-0.2, -0.15) is 0 Å². The van der Waals surface area contributed by atoms with Gasteiger partial charge in [-0.15, -0.1) is 11.3 Å². The van der Waals surface area contributed by atoms with Crippen LogP contribution in [0.3, 0.4) is 0 Å². The first-order valence-electron chi connectivity index (χ1n) is 23.5. The van der Waals surface area contributed by atoms with Crippen LogP contribution in [-0.4, -0.2) is 7.28 Å². The van der Waals surface area contributed by atoms with E-state index in [0.717, 1.165) is 5.69 Å². The molecule has 2 aliphatic carbocycles. The molecule has 3 aliphatic rings. The average Bonchev–Trinajstić information content (AvgIpc) is 3.66. The monoisotopic (exact) mass is 851 g/mol. The number of fused-ring (bicyclic) bond motifs is 7. The van der Waals surface area contributed by atoms with Crippen molar-refractivity contribution >= 4 is 78.2 Å². The van der Waals surface area contributed by atoms with Crippen LogP contribution in [-0.2, 0) is 21.7 Å². The molecule has 1 aromatic heterocycles. The maximum atomic E-state index is 4.17. The second kappa shape index (κ2) is 14.5. The molecular weight excluding hydrogens is 792 g/mol. The fourth-order valence-electron chi connectivity index (χ4n) is 11.5. The van der Waals surface area contributed by atoms with Crippen LogP contribution in [0.5, 0.6) is 0 Å². The number of nitrogens with zero attached hydrogens (tertiary/aromatic N) is 1. The van der Waals surface area contributed by atoms with E-state index in [-0.39, 0.29) is 21.7 Å². The number of hydrogen-bond acceptors (Lipinski definition) is 3. The van der Waals surface area contributed by atoms with Gasteiger partial charge in [-0.1, -0.05) is 146 Å². The van der Waals surface area contributed by atoms with Crippen molar-refractivity contribution in [3.63, 3.8) is 0 Å². The first-order chi connectivity index (χ1) is 30.5. The Labute approximate surface area is 386 Å². The van der Waals surface area contributed by atoms with Crippen molar-refractivity contribution in [2.45, 2.75) is 117 Å². The minimum Gasteiger partial charge on any atom is -0.354 e. The maximum absolute atomic E-state index is 4.17. The van der Waals surface area contributed by atoms with Crippen molar-refractivity contribution in [3.05, 3.63) is 161 Å². The van der Waals surface area contributed by atoms with Gasteiger partial charge < -0.3 is 10.2 Å². The van der Waals surface area contributed by atoms with Gasteiger partial charge in [0.2, 0.25) is 0 Å². The van der Waals surface area contributed by atoms with Gasteiger partial charge in [0.25, 0.3) is 0 Å². The molecule has 1 radical (unpaired) electrons. The largest absolute Gasteiger partial charge is 0.354 e. The molecule has 319 valence electrons. The predicted octanol–water partition coefficient (Wildman–Crippen LogP) is 15.9. The molecule has 0 unspecified atom stereocenters. The first-order valence-corrected chi connectivity index (χ1v) is 24.3. The van der Waals surface area contributed by atoms with Gasteiger partial charge in [0.1, 0.15) is 0 Å². The molecule has 4 heteroatoms. The number of benzene rings is 7. The molecule has 0 saturated heterocycles. The highest BCUT2D eigenvalue weighted by Gasteiger charge is 2.40. The zero-order valence-electron chi connectivity index (χ0n) is 39.4. The Morgan fingerprint density at radius 2 is 1.17 bits per heavy atom. The summed E-state index contributed by atoms with van der Waals surface area (Å²) in [6, 6.07) is 48.8. The third-order valence-corrected chi connectivity index (χ3v) is 16.7. The third-order valence-electron chi connectivity index (χ3n) is 15.6. The number of thiophene rings is 1. The highest BCUT2D eigenvalue weighted by molar-refractivity contribution is 7.26. The number of hydrogen-bond donors (Lipinski definition) is 1. The molecule has 8 aromatic rings. The molecule has 0 spiro atoms. The summed E-state index contributed by atoms with van der Waals surface area (Å²) in [5.74, 6) is 0. The van der Waals surface area contributed by atoms with Crippen LogP contribution in [0.4, 0.5) is 28.4 Å². The summed E-state index contributed by atoms with van der Waals surface area (Å²) in [7, 11) is 2.48. The van der Waals surface area contributed by atoms with E-state index >= 15 is 0 Å². The summed E-state index contributed by atoms with van der Waals surface area (Å²) in [5, 5.41) is 6.76. The molecule has 0 amide bonds.